The van der Waals surface area contributed by atoms with Crippen molar-refractivity contribution in [1.29, 1.82) is 0 Å². The van der Waals surface area contributed by atoms with Crippen LogP contribution in [0.2, 0.25) is 5.02 Å². The van der Waals surface area contributed by atoms with Crippen LogP contribution in [0.3, 0.4) is 0 Å². The smallest absolute Gasteiger partial charge is 0.341 e. The van der Waals surface area contributed by atoms with E-state index in [0.717, 1.165) is 18.4 Å². The third kappa shape index (κ3) is 4.13. The minimum absolute atomic E-state index is 0.221. The summed E-state index contributed by atoms with van der Waals surface area (Å²) in [6.45, 7) is 6.76. The highest BCUT2D eigenvalue weighted by Crippen LogP contribution is 2.34. The van der Waals surface area contributed by atoms with Gasteiger partial charge in [-0.3, -0.25) is 0 Å². The maximum atomic E-state index is 11.8. The van der Waals surface area contributed by atoms with Gasteiger partial charge in [0.1, 0.15) is 11.3 Å². The number of ether oxygens (including phenoxy) is 2. The molecule has 1 rings (SSSR count). The van der Waals surface area contributed by atoms with Gasteiger partial charge in [-0.1, -0.05) is 38.8 Å². The van der Waals surface area contributed by atoms with Gasteiger partial charge in [0.2, 0.25) is 0 Å². The Kier molecular flexibility index (Phi) is 6.16. The predicted octanol–water partition coefficient (Wildman–Crippen LogP) is 4.43. The van der Waals surface area contributed by atoms with Crippen LogP contribution in [-0.2, 0) is 4.74 Å². The number of benzene rings is 1. The minimum Gasteiger partial charge on any atom is -0.492 e. The van der Waals surface area contributed by atoms with Crippen LogP contribution in [0.1, 0.15) is 55.5 Å². The fraction of sp³-hybridized carbons (Fsp3) is 0.533. The van der Waals surface area contributed by atoms with Gasteiger partial charge < -0.3 is 9.47 Å². The summed E-state index contributed by atoms with van der Waals surface area (Å²) in [5.41, 5.74) is 1.33. The molecule has 0 atom stereocenters. The van der Waals surface area contributed by atoms with E-state index in [9.17, 15) is 4.79 Å². The largest absolute Gasteiger partial charge is 0.492 e. The van der Waals surface area contributed by atoms with Crippen molar-refractivity contribution in [2.24, 2.45) is 0 Å². The maximum Gasteiger partial charge on any atom is 0.341 e. The zero-order valence-corrected chi connectivity index (χ0v) is 12.7. The number of unbranched alkanes of at least 4 members (excludes halogenated alkanes) is 1. The van der Waals surface area contributed by atoms with E-state index < -0.39 is 5.97 Å². The minimum atomic E-state index is -0.420. The third-order valence-electron chi connectivity index (χ3n) is 2.85. The van der Waals surface area contributed by atoms with Crippen molar-refractivity contribution in [2.75, 3.05) is 13.7 Å². The topological polar surface area (TPSA) is 35.5 Å². The molecule has 0 aliphatic heterocycles. The zero-order valence-electron chi connectivity index (χ0n) is 12.0. The Morgan fingerprint density at radius 3 is 2.58 bits per heavy atom. The lowest BCUT2D eigenvalue weighted by atomic mass is 9.99. The predicted molar refractivity (Wildman–Crippen MR) is 77.3 cm³/mol. The third-order valence-corrected chi connectivity index (χ3v) is 3.07. The summed E-state index contributed by atoms with van der Waals surface area (Å²) in [5.74, 6) is 0.398. The number of esters is 1. The molecule has 0 aromatic heterocycles. The van der Waals surface area contributed by atoms with Crippen LogP contribution in [0.25, 0.3) is 0 Å². The van der Waals surface area contributed by atoms with Crippen molar-refractivity contribution < 1.29 is 14.3 Å². The molecule has 3 nitrogen and oxygen atoms in total. The molecule has 1 aromatic carbocycles. The fourth-order valence-corrected chi connectivity index (χ4v) is 2.01. The number of halogens is 1. The summed E-state index contributed by atoms with van der Waals surface area (Å²) in [4.78, 5) is 11.8. The van der Waals surface area contributed by atoms with Crippen molar-refractivity contribution in [3.05, 3.63) is 28.3 Å². The van der Waals surface area contributed by atoms with Gasteiger partial charge >= 0.3 is 5.97 Å². The quantitative estimate of drug-likeness (QED) is 0.573. The summed E-state index contributed by atoms with van der Waals surface area (Å²) < 4.78 is 10.6. The first kappa shape index (κ1) is 15.8. The fourth-order valence-electron chi connectivity index (χ4n) is 1.78. The van der Waals surface area contributed by atoms with Gasteiger partial charge in [0.05, 0.1) is 13.7 Å². The maximum absolute atomic E-state index is 11.8. The van der Waals surface area contributed by atoms with Crippen LogP contribution in [0, 0.1) is 0 Å². The molecule has 0 radical (unpaired) electrons. The first-order valence-corrected chi connectivity index (χ1v) is 6.93. The average molecular weight is 285 g/mol. The Labute approximate surface area is 119 Å². The molecule has 0 amide bonds. The molecule has 106 valence electrons. The summed E-state index contributed by atoms with van der Waals surface area (Å²) in [7, 11) is 1.36. The lowest BCUT2D eigenvalue weighted by Gasteiger charge is -2.17. The molecule has 0 aliphatic rings. The molecule has 0 fully saturated rings. The Bertz CT molecular complexity index is 441. The van der Waals surface area contributed by atoms with Crippen LogP contribution in [-0.4, -0.2) is 19.7 Å². The Morgan fingerprint density at radius 1 is 1.37 bits per heavy atom. The Hall–Kier alpha value is -1.22. The van der Waals surface area contributed by atoms with Gasteiger partial charge in [-0.05, 0) is 30.0 Å². The van der Waals surface area contributed by atoms with Gasteiger partial charge in [-0.25, -0.2) is 4.79 Å². The van der Waals surface area contributed by atoms with Crippen LogP contribution >= 0.6 is 11.6 Å². The second-order valence-electron chi connectivity index (χ2n) is 4.72. The van der Waals surface area contributed by atoms with Gasteiger partial charge in [0.25, 0.3) is 0 Å². The van der Waals surface area contributed by atoms with E-state index >= 15 is 0 Å². The lowest BCUT2D eigenvalue weighted by Crippen LogP contribution is -2.10. The van der Waals surface area contributed by atoms with E-state index in [1.807, 2.05) is 19.9 Å². The summed E-state index contributed by atoms with van der Waals surface area (Å²) >= 11 is 6.07. The highest BCUT2D eigenvalue weighted by atomic mass is 35.5. The molecule has 0 heterocycles. The summed E-state index contributed by atoms with van der Waals surface area (Å²) in [6, 6.07) is 3.44. The Morgan fingerprint density at radius 2 is 2.05 bits per heavy atom. The molecule has 19 heavy (non-hydrogen) atoms. The summed E-state index contributed by atoms with van der Waals surface area (Å²) in [6.07, 6.45) is 1.99. The van der Waals surface area contributed by atoms with Crippen molar-refractivity contribution in [3.8, 4) is 5.75 Å². The second-order valence-corrected chi connectivity index (χ2v) is 5.16. The molecule has 0 bridgehead atoms. The van der Waals surface area contributed by atoms with Gasteiger partial charge in [-0.15, -0.1) is 0 Å². The van der Waals surface area contributed by atoms with Crippen molar-refractivity contribution in [2.45, 2.75) is 39.5 Å². The normalized spacial score (nSPS) is 10.6. The molecule has 1 aromatic rings. The Balaban J connectivity index is 3.22. The highest BCUT2D eigenvalue weighted by Gasteiger charge is 2.20. The van der Waals surface area contributed by atoms with E-state index in [0.29, 0.717) is 22.9 Å². The van der Waals surface area contributed by atoms with Crippen LogP contribution in [0.5, 0.6) is 5.75 Å². The van der Waals surface area contributed by atoms with E-state index in [4.69, 9.17) is 21.1 Å². The molecule has 0 spiro atoms. The molecule has 0 aliphatic carbocycles. The molecular weight excluding hydrogens is 264 g/mol. The van der Waals surface area contributed by atoms with E-state index in [1.54, 1.807) is 6.07 Å². The second kappa shape index (κ2) is 7.39. The van der Waals surface area contributed by atoms with Crippen LogP contribution in [0.4, 0.5) is 0 Å². The van der Waals surface area contributed by atoms with Crippen molar-refractivity contribution >= 4 is 17.6 Å². The summed E-state index contributed by atoms with van der Waals surface area (Å²) in [5, 5.41) is 0.520. The molecule has 0 saturated carbocycles. The monoisotopic (exact) mass is 284 g/mol. The number of rotatable bonds is 6. The van der Waals surface area contributed by atoms with E-state index in [2.05, 4.69) is 6.92 Å². The van der Waals surface area contributed by atoms with Gasteiger partial charge in [0, 0.05) is 5.02 Å². The standard InChI is InChI=1S/C15H21ClO3/c1-5-6-7-19-14-12(10(2)3)8-11(16)9-13(14)15(17)18-4/h8-10H,5-7H2,1-4H3. The number of hydrogen-bond donors (Lipinski definition) is 0. The van der Waals surface area contributed by atoms with E-state index in [1.165, 1.54) is 7.11 Å². The molecule has 0 N–H and O–H groups in total. The van der Waals surface area contributed by atoms with Gasteiger partial charge in [0.15, 0.2) is 0 Å². The van der Waals surface area contributed by atoms with Crippen LogP contribution < -0.4 is 4.74 Å². The molecule has 4 heteroatoms. The SMILES string of the molecule is CCCCOc1c(C(=O)OC)cc(Cl)cc1C(C)C. The lowest BCUT2D eigenvalue weighted by molar-refractivity contribution is 0.0595. The number of carbonyl (C=O) groups excluding carboxylic acids is 1. The molecule has 0 saturated heterocycles. The number of carbonyl (C=O) groups is 1. The molecule has 0 unspecified atom stereocenters. The average Bonchev–Trinajstić information content (AvgIpc) is 2.38. The number of methoxy groups -OCH3 is 1. The van der Waals surface area contributed by atoms with Crippen LogP contribution in [0.15, 0.2) is 12.1 Å². The van der Waals surface area contributed by atoms with Crippen molar-refractivity contribution in [1.82, 2.24) is 0 Å². The zero-order chi connectivity index (χ0) is 14.4. The molecular formula is C15H21ClO3. The number of hydrogen-bond acceptors (Lipinski definition) is 3. The van der Waals surface area contributed by atoms with Gasteiger partial charge in [-0.2, -0.15) is 0 Å². The van der Waals surface area contributed by atoms with E-state index in [-0.39, 0.29) is 5.92 Å². The first-order valence-electron chi connectivity index (χ1n) is 6.55. The highest BCUT2D eigenvalue weighted by molar-refractivity contribution is 6.31. The van der Waals surface area contributed by atoms with Crippen molar-refractivity contribution in [3.63, 3.8) is 0 Å². The first-order chi connectivity index (χ1) is 9.01.